The lowest BCUT2D eigenvalue weighted by atomic mass is 10.1. The van der Waals surface area contributed by atoms with Gasteiger partial charge in [0.2, 0.25) is 20.0 Å². The molecule has 1 unspecified atom stereocenters. The third-order valence-electron chi connectivity index (χ3n) is 3.96. The average molecular weight is 427 g/mol. The molecule has 0 radical (unpaired) electrons. The fourth-order valence-electron chi connectivity index (χ4n) is 2.41. The summed E-state index contributed by atoms with van der Waals surface area (Å²) in [5, 5.41) is 10.4. The van der Waals surface area contributed by atoms with Crippen molar-refractivity contribution in [3.05, 3.63) is 59.7 Å². The van der Waals surface area contributed by atoms with Gasteiger partial charge in [-0.1, -0.05) is 24.3 Å². The zero-order valence-electron chi connectivity index (χ0n) is 15.3. The lowest BCUT2D eigenvalue weighted by Gasteiger charge is -2.16. The van der Waals surface area contributed by atoms with Crippen LogP contribution in [0.15, 0.2) is 58.3 Å². The Hall–Kier alpha value is -2.47. The van der Waals surface area contributed by atoms with E-state index in [0.717, 1.165) is 0 Å². The molecule has 1 atom stereocenters. The first kappa shape index (κ1) is 21.8. The monoisotopic (exact) mass is 426 g/mol. The zero-order valence-corrected chi connectivity index (χ0v) is 17.0. The highest BCUT2D eigenvalue weighted by molar-refractivity contribution is 7.89. The fraction of sp³-hybridized carbons (Fsp3) is 0.235. The summed E-state index contributed by atoms with van der Waals surface area (Å²) >= 11 is 0. The number of hydrogen-bond donors (Lipinski definition) is 4. The first-order valence-corrected chi connectivity index (χ1v) is 11.3. The quantitative estimate of drug-likeness (QED) is 0.517. The second-order valence-corrected chi connectivity index (χ2v) is 9.47. The standard InChI is InChI=1S/C17H22N4O5S2/c1-12(14-6-4-7-15(10-14)27(18,23)24)21-17(22)20-11-13-5-3-8-16(9-13)28(25,26)19-2/h3-10,12,19H,11H2,1-2H3,(H2,18,23,24)(H2,20,21,22). The van der Waals surface area contributed by atoms with Crippen LogP contribution in [0.3, 0.4) is 0 Å². The predicted octanol–water partition coefficient (Wildman–Crippen LogP) is 0.803. The van der Waals surface area contributed by atoms with Crippen LogP contribution in [0.2, 0.25) is 0 Å². The van der Waals surface area contributed by atoms with Crippen LogP contribution in [0.25, 0.3) is 0 Å². The van der Waals surface area contributed by atoms with E-state index < -0.39 is 32.1 Å². The molecule has 0 aromatic heterocycles. The molecule has 0 aliphatic heterocycles. The van der Waals surface area contributed by atoms with Crippen molar-refractivity contribution in [2.24, 2.45) is 5.14 Å². The third-order valence-corrected chi connectivity index (χ3v) is 6.29. The van der Waals surface area contributed by atoms with Crippen molar-refractivity contribution in [2.45, 2.75) is 29.3 Å². The van der Waals surface area contributed by atoms with Gasteiger partial charge in [0.25, 0.3) is 0 Å². The molecule has 5 N–H and O–H groups in total. The molecule has 0 saturated heterocycles. The van der Waals surface area contributed by atoms with Gasteiger partial charge in [-0.25, -0.2) is 31.5 Å². The molecule has 2 aromatic rings. The first-order valence-electron chi connectivity index (χ1n) is 8.22. The van der Waals surface area contributed by atoms with E-state index in [-0.39, 0.29) is 16.3 Å². The molecular formula is C17H22N4O5S2. The minimum Gasteiger partial charge on any atom is -0.334 e. The van der Waals surface area contributed by atoms with Gasteiger partial charge in [-0.05, 0) is 49.4 Å². The summed E-state index contributed by atoms with van der Waals surface area (Å²) in [5.41, 5.74) is 1.18. The molecule has 152 valence electrons. The summed E-state index contributed by atoms with van der Waals surface area (Å²) in [5.74, 6) is 0. The molecule has 11 heteroatoms. The molecule has 0 spiro atoms. The van der Waals surface area contributed by atoms with Crippen LogP contribution in [-0.2, 0) is 26.6 Å². The van der Waals surface area contributed by atoms with Gasteiger partial charge in [-0.3, -0.25) is 0 Å². The SMILES string of the molecule is CNS(=O)(=O)c1cccc(CNC(=O)NC(C)c2cccc(S(N)(=O)=O)c2)c1. The number of hydrogen-bond acceptors (Lipinski definition) is 5. The second-order valence-electron chi connectivity index (χ2n) is 6.02. The summed E-state index contributed by atoms with van der Waals surface area (Å²) in [6.07, 6.45) is 0. The minimum absolute atomic E-state index is 0.0402. The molecule has 2 amide bonds. The molecule has 9 nitrogen and oxygen atoms in total. The van der Waals surface area contributed by atoms with Crippen molar-refractivity contribution in [3.8, 4) is 0 Å². The van der Waals surface area contributed by atoms with Gasteiger partial charge in [0.1, 0.15) is 0 Å². The van der Waals surface area contributed by atoms with E-state index in [4.69, 9.17) is 5.14 Å². The summed E-state index contributed by atoms with van der Waals surface area (Å²) < 4.78 is 48.8. The Morgan fingerprint density at radius 1 is 1.04 bits per heavy atom. The second kappa shape index (κ2) is 8.69. The van der Waals surface area contributed by atoms with E-state index in [2.05, 4.69) is 15.4 Å². The van der Waals surface area contributed by atoms with Crippen LogP contribution >= 0.6 is 0 Å². The maximum Gasteiger partial charge on any atom is 0.315 e. The normalized spacial score (nSPS) is 13.0. The molecule has 0 fully saturated rings. The maximum absolute atomic E-state index is 12.1. The van der Waals surface area contributed by atoms with Crippen molar-refractivity contribution in [1.82, 2.24) is 15.4 Å². The Morgan fingerprint density at radius 2 is 1.68 bits per heavy atom. The zero-order chi connectivity index (χ0) is 20.9. The van der Waals surface area contributed by atoms with E-state index >= 15 is 0 Å². The van der Waals surface area contributed by atoms with E-state index in [1.807, 2.05) is 0 Å². The third kappa shape index (κ3) is 5.76. The average Bonchev–Trinajstić information content (AvgIpc) is 2.66. The van der Waals surface area contributed by atoms with Crippen molar-refractivity contribution in [1.29, 1.82) is 0 Å². The highest BCUT2D eigenvalue weighted by Gasteiger charge is 2.14. The number of carbonyl (C=O) groups excluding carboxylic acids is 1. The number of urea groups is 1. The number of nitrogens with one attached hydrogen (secondary N) is 3. The van der Waals surface area contributed by atoms with E-state index in [9.17, 15) is 21.6 Å². The molecule has 0 heterocycles. The smallest absolute Gasteiger partial charge is 0.315 e. The first-order chi connectivity index (χ1) is 13.0. The fourth-order valence-corrected chi connectivity index (χ4v) is 3.78. The summed E-state index contributed by atoms with van der Waals surface area (Å²) in [6, 6.07) is 11.2. The lowest BCUT2D eigenvalue weighted by Crippen LogP contribution is -2.36. The van der Waals surface area contributed by atoms with Crippen LogP contribution in [0.4, 0.5) is 4.79 Å². The summed E-state index contributed by atoms with van der Waals surface area (Å²) in [7, 11) is -6.08. The molecule has 28 heavy (non-hydrogen) atoms. The van der Waals surface area contributed by atoms with Crippen molar-refractivity contribution in [3.63, 3.8) is 0 Å². The molecule has 2 aromatic carbocycles. The predicted molar refractivity (Wildman–Crippen MR) is 104 cm³/mol. The Balaban J connectivity index is 2.01. The number of carbonyl (C=O) groups is 1. The topological polar surface area (TPSA) is 147 Å². The van der Waals surface area contributed by atoms with Crippen LogP contribution in [0.5, 0.6) is 0 Å². The molecular weight excluding hydrogens is 404 g/mol. The van der Waals surface area contributed by atoms with E-state index in [1.54, 1.807) is 31.2 Å². The Labute approximate surface area is 164 Å². The Morgan fingerprint density at radius 3 is 2.32 bits per heavy atom. The Kier molecular flexibility index (Phi) is 6.77. The number of sulfonamides is 2. The highest BCUT2D eigenvalue weighted by Crippen LogP contribution is 2.16. The number of primary sulfonamides is 1. The van der Waals surface area contributed by atoms with E-state index in [1.165, 1.54) is 31.3 Å². The van der Waals surface area contributed by atoms with Gasteiger partial charge in [0, 0.05) is 6.54 Å². The number of rotatable bonds is 7. The lowest BCUT2D eigenvalue weighted by molar-refractivity contribution is 0.237. The molecule has 0 bridgehead atoms. The minimum atomic E-state index is -3.83. The van der Waals surface area contributed by atoms with Gasteiger partial charge in [-0.2, -0.15) is 0 Å². The highest BCUT2D eigenvalue weighted by atomic mass is 32.2. The molecule has 0 saturated carbocycles. The van der Waals surface area contributed by atoms with E-state index in [0.29, 0.717) is 11.1 Å². The summed E-state index contributed by atoms with van der Waals surface area (Å²) in [6.45, 7) is 1.81. The van der Waals surface area contributed by atoms with Crippen LogP contribution < -0.4 is 20.5 Å². The van der Waals surface area contributed by atoms with Gasteiger partial charge >= 0.3 is 6.03 Å². The van der Waals surface area contributed by atoms with Crippen LogP contribution in [-0.4, -0.2) is 29.9 Å². The van der Waals surface area contributed by atoms with Crippen molar-refractivity contribution < 1.29 is 21.6 Å². The van der Waals surface area contributed by atoms with Crippen molar-refractivity contribution >= 4 is 26.1 Å². The van der Waals surface area contributed by atoms with Crippen molar-refractivity contribution in [2.75, 3.05) is 7.05 Å². The maximum atomic E-state index is 12.1. The number of benzene rings is 2. The Bertz CT molecular complexity index is 1070. The van der Waals surface area contributed by atoms with Crippen LogP contribution in [0.1, 0.15) is 24.1 Å². The largest absolute Gasteiger partial charge is 0.334 e. The van der Waals surface area contributed by atoms with Gasteiger partial charge in [-0.15, -0.1) is 0 Å². The van der Waals surface area contributed by atoms with Gasteiger partial charge in [0.15, 0.2) is 0 Å². The number of amides is 2. The van der Waals surface area contributed by atoms with Crippen LogP contribution in [0, 0.1) is 0 Å². The van der Waals surface area contributed by atoms with Gasteiger partial charge in [0.05, 0.1) is 15.8 Å². The molecule has 2 rings (SSSR count). The molecule has 0 aliphatic rings. The van der Waals surface area contributed by atoms with Gasteiger partial charge < -0.3 is 10.6 Å². The molecule has 0 aliphatic carbocycles. The number of nitrogens with two attached hydrogens (primary N) is 1. The summed E-state index contributed by atoms with van der Waals surface area (Å²) in [4.78, 5) is 12.2.